The highest BCUT2D eigenvalue weighted by Gasteiger charge is 2.10. The van der Waals surface area contributed by atoms with E-state index in [2.05, 4.69) is 15.3 Å². The van der Waals surface area contributed by atoms with Gasteiger partial charge in [0.1, 0.15) is 17.3 Å². The topological polar surface area (TPSA) is 93.3 Å². The van der Waals surface area contributed by atoms with Crippen LogP contribution in [0.2, 0.25) is 0 Å². The maximum atomic E-state index is 12.0. The van der Waals surface area contributed by atoms with Crippen LogP contribution in [0.3, 0.4) is 0 Å². The SMILES string of the molecule is COCCNC(=O)c1cc(=O)[nH]c(Cc2ccc(OC)cc2)n1. The first kappa shape index (κ1) is 16.7. The number of rotatable bonds is 7. The first-order valence-electron chi connectivity index (χ1n) is 7.12. The molecule has 0 spiro atoms. The molecule has 0 fully saturated rings. The fourth-order valence-electron chi connectivity index (χ4n) is 2.00. The highest BCUT2D eigenvalue weighted by Crippen LogP contribution is 2.13. The van der Waals surface area contributed by atoms with E-state index in [9.17, 15) is 9.59 Å². The minimum Gasteiger partial charge on any atom is -0.497 e. The second-order valence-electron chi connectivity index (χ2n) is 4.85. The molecule has 0 aliphatic rings. The van der Waals surface area contributed by atoms with E-state index in [0.717, 1.165) is 11.3 Å². The molecular formula is C16H19N3O4. The summed E-state index contributed by atoms with van der Waals surface area (Å²) in [5.41, 5.74) is 0.680. The molecule has 0 saturated heterocycles. The maximum Gasteiger partial charge on any atom is 0.270 e. The van der Waals surface area contributed by atoms with Crippen molar-refractivity contribution in [2.24, 2.45) is 0 Å². The molecule has 2 N–H and O–H groups in total. The second-order valence-corrected chi connectivity index (χ2v) is 4.85. The maximum absolute atomic E-state index is 12.0. The van der Waals surface area contributed by atoms with Gasteiger partial charge in [-0.05, 0) is 17.7 Å². The summed E-state index contributed by atoms with van der Waals surface area (Å²) < 4.78 is 9.96. The van der Waals surface area contributed by atoms with Crippen LogP contribution in [0.4, 0.5) is 0 Å². The number of H-pyrrole nitrogens is 1. The molecule has 0 aliphatic heterocycles. The number of carbonyl (C=O) groups excluding carboxylic acids is 1. The first-order valence-corrected chi connectivity index (χ1v) is 7.12. The van der Waals surface area contributed by atoms with E-state index in [1.54, 1.807) is 14.2 Å². The second kappa shape index (κ2) is 8.09. The largest absolute Gasteiger partial charge is 0.497 e. The number of aromatic nitrogens is 2. The van der Waals surface area contributed by atoms with Crippen LogP contribution in [0, 0.1) is 0 Å². The van der Waals surface area contributed by atoms with Crippen LogP contribution in [-0.2, 0) is 11.2 Å². The molecule has 2 aromatic rings. The Morgan fingerprint density at radius 1 is 1.26 bits per heavy atom. The molecule has 23 heavy (non-hydrogen) atoms. The zero-order chi connectivity index (χ0) is 16.7. The average Bonchev–Trinajstić information content (AvgIpc) is 2.55. The highest BCUT2D eigenvalue weighted by atomic mass is 16.5. The van der Waals surface area contributed by atoms with Crippen molar-refractivity contribution in [1.82, 2.24) is 15.3 Å². The Balaban J connectivity index is 2.12. The van der Waals surface area contributed by atoms with Crippen molar-refractivity contribution < 1.29 is 14.3 Å². The standard InChI is InChI=1S/C16H19N3O4/c1-22-8-7-17-16(21)13-10-15(20)19-14(18-13)9-11-3-5-12(23-2)6-4-11/h3-6,10H,7-9H2,1-2H3,(H,17,21)(H,18,19,20). The van der Waals surface area contributed by atoms with Gasteiger partial charge in [0.05, 0.1) is 13.7 Å². The van der Waals surface area contributed by atoms with Crippen molar-refractivity contribution in [3.8, 4) is 5.75 Å². The van der Waals surface area contributed by atoms with Crippen LogP contribution in [-0.4, -0.2) is 43.2 Å². The number of aromatic amines is 1. The summed E-state index contributed by atoms with van der Waals surface area (Å²) in [5, 5.41) is 2.64. The molecule has 0 bridgehead atoms. The van der Waals surface area contributed by atoms with Gasteiger partial charge in [0.25, 0.3) is 11.5 Å². The Morgan fingerprint density at radius 3 is 2.65 bits per heavy atom. The van der Waals surface area contributed by atoms with Crippen molar-refractivity contribution >= 4 is 5.91 Å². The Labute approximate surface area is 133 Å². The van der Waals surface area contributed by atoms with Crippen LogP contribution in [0.1, 0.15) is 21.9 Å². The van der Waals surface area contributed by atoms with Crippen molar-refractivity contribution in [3.05, 3.63) is 57.8 Å². The average molecular weight is 317 g/mol. The summed E-state index contributed by atoms with van der Waals surface area (Å²) >= 11 is 0. The van der Waals surface area contributed by atoms with Crippen molar-refractivity contribution in [3.63, 3.8) is 0 Å². The van der Waals surface area contributed by atoms with E-state index in [0.29, 0.717) is 25.4 Å². The van der Waals surface area contributed by atoms with Crippen molar-refractivity contribution in [2.75, 3.05) is 27.4 Å². The van der Waals surface area contributed by atoms with Gasteiger partial charge in [-0.15, -0.1) is 0 Å². The lowest BCUT2D eigenvalue weighted by Crippen LogP contribution is -2.29. The lowest BCUT2D eigenvalue weighted by molar-refractivity contribution is 0.0931. The lowest BCUT2D eigenvalue weighted by atomic mass is 10.1. The van der Waals surface area contributed by atoms with E-state index >= 15 is 0 Å². The fourth-order valence-corrected chi connectivity index (χ4v) is 2.00. The molecule has 1 amide bonds. The number of hydrogen-bond donors (Lipinski definition) is 2. The summed E-state index contributed by atoms with van der Waals surface area (Å²) in [7, 11) is 3.14. The zero-order valence-corrected chi connectivity index (χ0v) is 13.1. The van der Waals surface area contributed by atoms with Gasteiger partial charge in [0.2, 0.25) is 0 Å². The lowest BCUT2D eigenvalue weighted by Gasteiger charge is -2.06. The van der Waals surface area contributed by atoms with Crippen LogP contribution in [0.5, 0.6) is 5.75 Å². The van der Waals surface area contributed by atoms with Crippen molar-refractivity contribution in [1.29, 1.82) is 0 Å². The van der Waals surface area contributed by atoms with E-state index in [-0.39, 0.29) is 11.3 Å². The number of methoxy groups -OCH3 is 2. The molecule has 0 atom stereocenters. The summed E-state index contributed by atoms with van der Waals surface area (Å²) in [6.45, 7) is 0.755. The quantitative estimate of drug-likeness (QED) is 0.735. The van der Waals surface area contributed by atoms with E-state index in [4.69, 9.17) is 9.47 Å². The predicted octanol–water partition coefficient (Wildman–Crippen LogP) is 0.745. The molecule has 0 saturated carbocycles. The Kier molecular flexibility index (Phi) is 5.87. The third kappa shape index (κ3) is 4.93. The number of carbonyl (C=O) groups is 1. The molecule has 1 aromatic carbocycles. The van der Waals surface area contributed by atoms with Gasteiger partial charge in [-0.1, -0.05) is 12.1 Å². The summed E-state index contributed by atoms with van der Waals surface area (Å²) in [6, 6.07) is 8.59. The minimum absolute atomic E-state index is 0.0911. The van der Waals surface area contributed by atoms with Gasteiger partial charge in [0.15, 0.2) is 0 Å². The molecular weight excluding hydrogens is 298 g/mol. The monoisotopic (exact) mass is 317 g/mol. The number of amides is 1. The number of ether oxygens (including phenoxy) is 2. The number of nitrogens with one attached hydrogen (secondary N) is 2. The van der Waals surface area contributed by atoms with Crippen LogP contribution >= 0.6 is 0 Å². The predicted molar refractivity (Wildman–Crippen MR) is 84.9 cm³/mol. The summed E-state index contributed by atoms with van der Waals surface area (Å²) in [6.07, 6.45) is 0.415. The van der Waals surface area contributed by atoms with E-state index in [1.165, 1.54) is 6.07 Å². The molecule has 0 radical (unpaired) electrons. The molecule has 1 aromatic heterocycles. The smallest absolute Gasteiger partial charge is 0.270 e. The Morgan fingerprint density at radius 2 is 2.00 bits per heavy atom. The molecule has 0 aliphatic carbocycles. The molecule has 1 heterocycles. The highest BCUT2D eigenvalue weighted by molar-refractivity contribution is 5.92. The number of nitrogens with zero attached hydrogens (tertiary/aromatic N) is 1. The summed E-state index contributed by atoms with van der Waals surface area (Å²) in [5.74, 6) is 0.783. The van der Waals surface area contributed by atoms with Gasteiger partial charge in [0, 0.05) is 26.1 Å². The number of hydrogen-bond acceptors (Lipinski definition) is 5. The minimum atomic E-state index is -0.399. The zero-order valence-electron chi connectivity index (χ0n) is 13.1. The fraction of sp³-hybridized carbons (Fsp3) is 0.312. The first-order chi connectivity index (χ1) is 11.1. The van der Waals surface area contributed by atoms with Crippen LogP contribution in [0.25, 0.3) is 0 Å². The Hall–Kier alpha value is -2.67. The molecule has 2 rings (SSSR count). The molecule has 7 heteroatoms. The van der Waals surface area contributed by atoms with Gasteiger partial charge in [-0.2, -0.15) is 0 Å². The molecule has 122 valence electrons. The molecule has 7 nitrogen and oxygen atoms in total. The van der Waals surface area contributed by atoms with E-state index < -0.39 is 5.91 Å². The van der Waals surface area contributed by atoms with Gasteiger partial charge >= 0.3 is 0 Å². The van der Waals surface area contributed by atoms with Gasteiger partial charge in [-0.25, -0.2) is 4.98 Å². The van der Waals surface area contributed by atoms with Crippen LogP contribution < -0.4 is 15.6 Å². The van der Waals surface area contributed by atoms with Crippen LogP contribution in [0.15, 0.2) is 35.1 Å². The number of benzene rings is 1. The summed E-state index contributed by atoms with van der Waals surface area (Å²) in [4.78, 5) is 30.5. The molecule has 0 unspecified atom stereocenters. The third-order valence-electron chi connectivity index (χ3n) is 3.15. The Bertz CT molecular complexity index is 710. The van der Waals surface area contributed by atoms with Gasteiger partial charge in [-0.3, -0.25) is 9.59 Å². The van der Waals surface area contributed by atoms with Gasteiger partial charge < -0.3 is 19.8 Å². The van der Waals surface area contributed by atoms with E-state index in [1.807, 2.05) is 24.3 Å². The normalized spacial score (nSPS) is 10.3. The third-order valence-corrected chi connectivity index (χ3v) is 3.15. The van der Waals surface area contributed by atoms with Crippen molar-refractivity contribution in [2.45, 2.75) is 6.42 Å².